The standard InChI is InChI=1S/C24H54O2S4Si2.C20H46O2S4Si2/c1-17-19(31(25-15,21(3,4)5)22(6,7)8)27-29-30-28-20(18-2)32(26-16,23(9,10)11)24(12,13)14;1-7-11-17-27(21-9-3)19(5)13-15-23-25-26-24-16-14-20(6)28(22-10-4)18-12-8-2/h19-20H,17-18H2,1-16H3;19-20,27-28H,7-18H2,1-6H3. The van der Waals surface area contributed by atoms with Gasteiger partial charge < -0.3 is 17.7 Å². The first kappa shape index (κ1) is 65.6. The molecule has 0 spiro atoms. The van der Waals surface area contributed by atoms with E-state index in [4.69, 9.17) is 17.7 Å². The second-order valence-electron chi connectivity index (χ2n) is 20.6. The smallest absolute Gasteiger partial charge is 0.216 e. The average Bonchev–Trinajstić information content (AvgIpc) is 3.14. The first-order valence-corrected chi connectivity index (χ1v) is 41.4. The molecule has 0 aliphatic rings. The Kier molecular flexibility index (Phi) is 37.1. The number of hydrogen-bond acceptors (Lipinski definition) is 12. The lowest BCUT2D eigenvalue weighted by atomic mass is 10.2. The number of hydrogen-bond donors (Lipinski definition) is 0. The summed E-state index contributed by atoms with van der Waals surface area (Å²) in [6, 6.07) is 2.72. The molecule has 0 fully saturated rings. The molecule has 0 aromatic heterocycles. The predicted molar refractivity (Wildman–Crippen MR) is 308 cm³/mol. The van der Waals surface area contributed by atoms with Gasteiger partial charge in [-0.2, -0.15) is 0 Å². The summed E-state index contributed by atoms with van der Waals surface area (Å²) < 4.78 is 25.3. The highest BCUT2D eigenvalue weighted by Gasteiger charge is 2.60. The predicted octanol–water partition coefficient (Wildman–Crippen LogP) is 19.0. The molecule has 0 N–H and O–H groups in total. The second-order valence-corrected chi connectivity index (χ2v) is 51.3. The molecule has 0 saturated carbocycles. The Labute approximate surface area is 412 Å². The van der Waals surface area contributed by atoms with Gasteiger partial charge in [-0.25, -0.2) is 0 Å². The molecule has 0 aromatic rings. The van der Waals surface area contributed by atoms with Crippen molar-refractivity contribution in [3.05, 3.63) is 0 Å². The minimum atomic E-state index is -2.09. The van der Waals surface area contributed by atoms with Crippen LogP contribution in [-0.2, 0) is 17.7 Å². The molecule has 16 heteroatoms. The van der Waals surface area contributed by atoms with Gasteiger partial charge in [-0.1, -0.05) is 193 Å². The normalized spacial score (nSPS) is 16.5. The zero-order chi connectivity index (χ0) is 46.8. The highest BCUT2D eigenvalue weighted by atomic mass is 33.7. The molecule has 60 heavy (non-hydrogen) atoms. The van der Waals surface area contributed by atoms with Crippen molar-refractivity contribution in [3.8, 4) is 0 Å². The molecule has 0 saturated heterocycles. The Balaban J connectivity index is 0. The Bertz CT molecular complexity index is 936. The summed E-state index contributed by atoms with van der Waals surface area (Å²) >= 11 is 0. The maximum Gasteiger partial charge on any atom is 0.216 e. The van der Waals surface area contributed by atoms with Crippen LogP contribution in [0.4, 0.5) is 0 Å². The van der Waals surface area contributed by atoms with Gasteiger partial charge in [0.1, 0.15) is 0 Å². The highest BCUT2D eigenvalue weighted by molar-refractivity contribution is 9.26. The van der Waals surface area contributed by atoms with Crippen molar-refractivity contribution >= 4 is 117 Å². The largest absolute Gasteiger partial charge is 0.420 e. The Hall–Kier alpha value is 3.51. The third-order valence-electron chi connectivity index (χ3n) is 12.2. The van der Waals surface area contributed by atoms with Gasteiger partial charge in [-0.15, -0.1) is 0 Å². The van der Waals surface area contributed by atoms with E-state index in [1.54, 1.807) is 0 Å². The molecule has 0 aliphatic heterocycles. The van der Waals surface area contributed by atoms with Crippen LogP contribution in [0, 0.1) is 0 Å². The molecular formula is C44H100O4S8Si4. The van der Waals surface area contributed by atoms with Crippen LogP contribution >= 0.6 is 82.5 Å². The van der Waals surface area contributed by atoms with E-state index in [1.165, 1.54) is 62.1 Å². The summed E-state index contributed by atoms with van der Waals surface area (Å²) in [7, 11) is 13.9. The van der Waals surface area contributed by atoms with Crippen LogP contribution in [0.15, 0.2) is 0 Å². The van der Waals surface area contributed by atoms with Crippen molar-refractivity contribution < 1.29 is 17.7 Å². The van der Waals surface area contributed by atoms with E-state index in [0.717, 1.165) is 37.1 Å². The maximum absolute atomic E-state index is 6.56. The molecule has 0 rings (SSSR count). The molecular weight excluding hydrogens is 961 g/mol. The summed E-state index contributed by atoms with van der Waals surface area (Å²) in [5.74, 6) is 2.52. The van der Waals surface area contributed by atoms with Crippen LogP contribution in [0.1, 0.15) is 190 Å². The lowest BCUT2D eigenvalue weighted by Gasteiger charge is -2.54. The fraction of sp³-hybridized carbons (Fsp3) is 1.00. The van der Waals surface area contributed by atoms with Crippen molar-refractivity contribution in [3.63, 3.8) is 0 Å². The van der Waals surface area contributed by atoms with Crippen LogP contribution in [0.2, 0.25) is 43.3 Å². The van der Waals surface area contributed by atoms with Crippen molar-refractivity contribution in [2.45, 2.75) is 243 Å². The van der Waals surface area contributed by atoms with Gasteiger partial charge >= 0.3 is 0 Å². The first-order chi connectivity index (χ1) is 27.8. The van der Waals surface area contributed by atoms with Crippen molar-refractivity contribution in [2.75, 3.05) is 38.9 Å². The summed E-state index contributed by atoms with van der Waals surface area (Å²) in [6.45, 7) is 48.9. The minimum Gasteiger partial charge on any atom is -0.420 e. The van der Waals surface area contributed by atoms with E-state index in [9.17, 15) is 0 Å². The molecule has 6 unspecified atom stereocenters. The quantitative estimate of drug-likeness (QED) is 0.0366. The molecule has 6 atom stereocenters. The van der Waals surface area contributed by atoms with E-state index >= 15 is 0 Å². The summed E-state index contributed by atoms with van der Waals surface area (Å²) in [4.78, 5) is 1.08. The zero-order valence-corrected chi connectivity index (χ0v) is 54.1. The molecule has 0 amide bonds. The summed E-state index contributed by atoms with van der Waals surface area (Å²) in [6.07, 6.45) is 10.2. The summed E-state index contributed by atoms with van der Waals surface area (Å²) in [5.41, 5.74) is 1.61. The van der Waals surface area contributed by atoms with Gasteiger partial charge in [0, 0.05) is 48.7 Å². The van der Waals surface area contributed by atoms with Crippen LogP contribution in [-0.4, -0.2) is 83.4 Å². The molecule has 0 bridgehead atoms. The molecule has 0 radical (unpaired) electrons. The maximum atomic E-state index is 6.56. The molecule has 4 nitrogen and oxygen atoms in total. The highest BCUT2D eigenvalue weighted by Crippen LogP contribution is 2.62. The third kappa shape index (κ3) is 21.9. The van der Waals surface area contributed by atoms with Gasteiger partial charge in [0.05, 0.1) is 0 Å². The van der Waals surface area contributed by atoms with Crippen molar-refractivity contribution in [2.24, 2.45) is 0 Å². The molecule has 0 aromatic carbocycles. The molecule has 0 heterocycles. The molecule has 0 aliphatic carbocycles. The monoisotopic (exact) mass is 1060 g/mol. The Morgan fingerprint density at radius 3 is 1.00 bits per heavy atom. The SMILES string of the molecule is CCC(SSSSC(CC)[Si](OC)(C(C)(C)C)C(C)(C)C)[Si](OC)(C(C)(C)C)C(C)(C)C.CCCC[SiH](OCC)C(C)CCSSSSCCC(C)[SiH](CCCC)OCC. The van der Waals surface area contributed by atoms with Gasteiger partial charge in [0.15, 0.2) is 18.1 Å². The van der Waals surface area contributed by atoms with E-state index < -0.39 is 34.7 Å². The minimum absolute atomic E-state index is 0.175. The van der Waals surface area contributed by atoms with Crippen LogP contribution < -0.4 is 0 Å². The second kappa shape index (κ2) is 33.9. The van der Waals surface area contributed by atoms with Gasteiger partial charge in [-0.05, 0) is 122 Å². The van der Waals surface area contributed by atoms with Crippen molar-refractivity contribution in [1.82, 2.24) is 0 Å². The van der Waals surface area contributed by atoms with E-state index in [-0.39, 0.29) is 20.2 Å². The topological polar surface area (TPSA) is 36.9 Å². The zero-order valence-electron chi connectivity index (χ0n) is 43.3. The van der Waals surface area contributed by atoms with E-state index in [2.05, 4.69) is 160 Å². The van der Waals surface area contributed by atoms with E-state index in [0.29, 0.717) is 9.75 Å². The van der Waals surface area contributed by atoms with Gasteiger partial charge in [0.2, 0.25) is 16.6 Å². The van der Waals surface area contributed by atoms with Crippen LogP contribution in [0.25, 0.3) is 0 Å². The van der Waals surface area contributed by atoms with Gasteiger partial charge in [0.25, 0.3) is 0 Å². The Morgan fingerprint density at radius 2 is 0.783 bits per heavy atom. The summed E-state index contributed by atoms with van der Waals surface area (Å²) in [5, 5.41) is 0.701. The first-order valence-electron chi connectivity index (χ1n) is 23.4. The van der Waals surface area contributed by atoms with Crippen LogP contribution in [0.5, 0.6) is 0 Å². The lowest BCUT2D eigenvalue weighted by molar-refractivity contribution is 0.322. The fourth-order valence-electron chi connectivity index (χ4n) is 9.89. The number of rotatable bonds is 32. The average molecular weight is 1060 g/mol. The lowest BCUT2D eigenvalue weighted by Crippen LogP contribution is -2.61. The van der Waals surface area contributed by atoms with E-state index in [1.807, 2.05) is 75.1 Å². The number of unbranched alkanes of at least 4 members (excludes halogenated alkanes) is 2. The Morgan fingerprint density at radius 1 is 0.483 bits per heavy atom. The third-order valence-corrected chi connectivity index (χ3v) is 48.8. The van der Waals surface area contributed by atoms with Crippen molar-refractivity contribution in [1.29, 1.82) is 0 Å². The molecule has 364 valence electrons. The fourth-order valence-corrected chi connectivity index (χ4v) is 51.6. The van der Waals surface area contributed by atoms with Gasteiger partial charge in [-0.3, -0.25) is 0 Å². The van der Waals surface area contributed by atoms with Crippen LogP contribution in [0.3, 0.4) is 0 Å².